The third-order valence-corrected chi connectivity index (χ3v) is 6.80. The van der Waals surface area contributed by atoms with Crippen LogP contribution in [-0.2, 0) is 17.8 Å². The fraction of sp³-hybridized carbons (Fsp3) is 0.231. The summed E-state index contributed by atoms with van der Waals surface area (Å²) in [5.41, 5.74) is 5.78. The number of aromatic nitrogens is 2. The second-order valence-electron chi connectivity index (χ2n) is 9.04. The minimum absolute atomic E-state index is 0.0142. The lowest BCUT2D eigenvalue weighted by atomic mass is 9.93. The number of thiazole rings is 1. The van der Waals surface area contributed by atoms with Gasteiger partial charge < -0.3 is 8.98 Å². The SMILES string of the molecule is CC(C)(C)c1csc(-c2cc3cc(Cn4cc(C#N)c5cc(CCl)ccc54)ccc3o2)n1. The molecular formula is C26H22ClN3OS. The molecule has 3 heterocycles. The molecule has 0 spiro atoms. The lowest BCUT2D eigenvalue weighted by molar-refractivity contribution is 0.571. The Morgan fingerprint density at radius 2 is 1.94 bits per heavy atom. The van der Waals surface area contributed by atoms with E-state index in [-0.39, 0.29) is 5.41 Å². The second kappa shape index (κ2) is 7.81. The largest absolute Gasteiger partial charge is 0.454 e. The molecule has 0 saturated heterocycles. The van der Waals surface area contributed by atoms with Gasteiger partial charge in [0.15, 0.2) is 10.8 Å². The zero-order chi connectivity index (χ0) is 22.5. The highest BCUT2D eigenvalue weighted by molar-refractivity contribution is 7.13. The molecule has 2 aromatic carbocycles. The third kappa shape index (κ3) is 3.70. The highest BCUT2D eigenvalue weighted by Crippen LogP contribution is 2.34. The molecule has 5 aromatic rings. The highest BCUT2D eigenvalue weighted by atomic mass is 35.5. The molecule has 0 N–H and O–H groups in total. The fourth-order valence-corrected chi connectivity index (χ4v) is 5.04. The van der Waals surface area contributed by atoms with Crippen LogP contribution >= 0.6 is 22.9 Å². The monoisotopic (exact) mass is 459 g/mol. The molecule has 32 heavy (non-hydrogen) atoms. The van der Waals surface area contributed by atoms with Crippen LogP contribution in [0.15, 0.2) is 58.5 Å². The Hall–Kier alpha value is -3.07. The summed E-state index contributed by atoms with van der Waals surface area (Å²) in [6, 6.07) is 16.6. The average molecular weight is 460 g/mol. The molecule has 160 valence electrons. The molecule has 0 bridgehead atoms. The predicted octanol–water partition coefficient (Wildman–Crippen LogP) is 7.47. The topological polar surface area (TPSA) is 54.8 Å². The molecule has 0 radical (unpaired) electrons. The van der Waals surface area contributed by atoms with Gasteiger partial charge in [-0.05, 0) is 41.5 Å². The van der Waals surface area contributed by atoms with Crippen LogP contribution in [0.25, 0.3) is 32.6 Å². The van der Waals surface area contributed by atoms with Gasteiger partial charge in [0.1, 0.15) is 11.7 Å². The van der Waals surface area contributed by atoms with Gasteiger partial charge in [-0.15, -0.1) is 22.9 Å². The van der Waals surface area contributed by atoms with Crippen molar-refractivity contribution >= 4 is 44.8 Å². The lowest BCUT2D eigenvalue weighted by Crippen LogP contribution is -2.11. The quantitative estimate of drug-likeness (QED) is 0.262. The first-order chi connectivity index (χ1) is 15.4. The van der Waals surface area contributed by atoms with E-state index < -0.39 is 0 Å². The van der Waals surface area contributed by atoms with E-state index in [0.717, 1.165) is 49.5 Å². The molecule has 0 amide bonds. The number of hydrogen-bond acceptors (Lipinski definition) is 4. The second-order valence-corrected chi connectivity index (χ2v) is 10.2. The van der Waals surface area contributed by atoms with Crippen LogP contribution in [0.3, 0.4) is 0 Å². The van der Waals surface area contributed by atoms with Crippen LogP contribution in [-0.4, -0.2) is 9.55 Å². The molecule has 0 saturated carbocycles. The highest BCUT2D eigenvalue weighted by Gasteiger charge is 2.19. The molecular weight excluding hydrogens is 438 g/mol. The van der Waals surface area contributed by atoms with Crippen molar-refractivity contribution in [2.45, 2.75) is 38.6 Å². The molecule has 0 fully saturated rings. The maximum atomic E-state index is 9.57. The zero-order valence-electron chi connectivity index (χ0n) is 18.1. The minimum atomic E-state index is 0.0142. The van der Waals surface area contributed by atoms with Crippen molar-refractivity contribution in [2.24, 2.45) is 0 Å². The third-order valence-electron chi connectivity index (χ3n) is 5.64. The standard InChI is InChI=1S/C26H22ClN3OS/c1-26(2,3)24-15-32-25(29-24)23-10-18-8-17(5-7-22(18)31-23)13-30-14-19(12-28)20-9-16(11-27)4-6-21(20)30/h4-10,14-15H,11,13H2,1-3H3. The number of nitrogens with zero attached hydrogens (tertiary/aromatic N) is 3. The number of fused-ring (bicyclic) bond motifs is 2. The Labute approximate surface area is 195 Å². The number of furan rings is 1. The van der Waals surface area contributed by atoms with Crippen LogP contribution in [0.2, 0.25) is 0 Å². The maximum absolute atomic E-state index is 9.57. The molecule has 0 aliphatic heterocycles. The average Bonchev–Trinajstić information content (AvgIpc) is 3.49. The number of halogens is 1. The van der Waals surface area contributed by atoms with Crippen LogP contribution in [0.1, 0.15) is 43.2 Å². The maximum Gasteiger partial charge on any atom is 0.164 e. The van der Waals surface area contributed by atoms with Crippen molar-refractivity contribution in [2.75, 3.05) is 0 Å². The number of hydrogen-bond donors (Lipinski definition) is 0. The van der Waals surface area contributed by atoms with Crippen molar-refractivity contribution in [1.82, 2.24) is 9.55 Å². The van der Waals surface area contributed by atoms with Gasteiger partial charge in [-0.3, -0.25) is 0 Å². The van der Waals surface area contributed by atoms with Crippen LogP contribution in [0.5, 0.6) is 0 Å². The van der Waals surface area contributed by atoms with Crippen molar-refractivity contribution < 1.29 is 4.42 Å². The van der Waals surface area contributed by atoms with E-state index in [0.29, 0.717) is 18.0 Å². The molecule has 0 aliphatic rings. The van der Waals surface area contributed by atoms with Gasteiger partial charge in [0.25, 0.3) is 0 Å². The van der Waals surface area contributed by atoms with Crippen LogP contribution < -0.4 is 0 Å². The summed E-state index contributed by atoms with van der Waals surface area (Å²) >= 11 is 7.59. The van der Waals surface area contributed by atoms with E-state index in [1.807, 2.05) is 30.5 Å². The summed E-state index contributed by atoms with van der Waals surface area (Å²) < 4.78 is 8.20. The summed E-state index contributed by atoms with van der Waals surface area (Å²) in [4.78, 5) is 4.78. The zero-order valence-corrected chi connectivity index (χ0v) is 19.7. The van der Waals surface area contributed by atoms with Gasteiger partial charge >= 0.3 is 0 Å². The minimum Gasteiger partial charge on any atom is -0.454 e. The number of benzene rings is 2. The van der Waals surface area contributed by atoms with E-state index in [2.05, 4.69) is 55.0 Å². The number of rotatable bonds is 4. The Kier molecular flexibility index (Phi) is 5.08. The predicted molar refractivity (Wildman–Crippen MR) is 131 cm³/mol. The van der Waals surface area contributed by atoms with Crippen molar-refractivity contribution in [1.29, 1.82) is 5.26 Å². The molecule has 0 aliphatic carbocycles. The van der Waals surface area contributed by atoms with E-state index in [9.17, 15) is 5.26 Å². The summed E-state index contributed by atoms with van der Waals surface area (Å²) in [5.74, 6) is 1.23. The smallest absolute Gasteiger partial charge is 0.164 e. The van der Waals surface area contributed by atoms with Gasteiger partial charge in [-0.25, -0.2) is 4.98 Å². The Bertz CT molecular complexity index is 1490. The molecule has 6 heteroatoms. The normalized spacial score (nSPS) is 12.0. The molecule has 0 unspecified atom stereocenters. The number of nitriles is 1. The first-order valence-corrected chi connectivity index (χ1v) is 11.8. The first-order valence-electron chi connectivity index (χ1n) is 10.4. The van der Waals surface area contributed by atoms with E-state index in [4.69, 9.17) is 21.0 Å². The van der Waals surface area contributed by atoms with Gasteiger partial charge in [-0.1, -0.05) is 32.9 Å². The van der Waals surface area contributed by atoms with E-state index in [1.54, 1.807) is 11.3 Å². The van der Waals surface area contributed by atoms with Gasteiger partial charge in [-0.2, -0.15) is 5.26 Å². The van der Waals surface area contributed by atoms with Gasteiger partial charge in [0.2, 0.25) is 0 Å². The Morgan fingerprint density at radius 3 is 2.66 bits per heavy atom. The Morgan fingerprint density at radius 1 is 1.12 bits per heavy atom. The first kappa shape index (κ1) is 20.8. The van der Waals surface area contributed by atoms with Gasteiger partial charge in [0, 0.05) is 45.7 Å². The molecule has 4 nitrogen and oxygen atoms in total. The molecule has 3 aromatic heterocycles. The Balaban J connectivity index is 1.49. The van der Waals surface area contributed by atoms with Crippen LogP contribution in [0.4, 0.5) is 0 Å². The summed E-state index contributed by atoms with van der Waals surface area (Å²) in [6.07, 6.45) is 1.91. The van der Waals surface area contributed by atoms with Crippen molar-refractivity contribution in [3.05, 3.63) is 76.4 Å². The summed E-state index contributed by atoms with van der Waals surface area (Å²) in [7, 11) is 0. The van der Waals surface area contributed by atoms with Crippen molar-refractivity contribution in [3.63, 3.8) is 0 Å². The fourth-order valence-electron chi connectivity index (χ4n) is 3.87. The van der Waals surface area contributed by atoms with Crippen LogP contribution in [0, 0.1) is 11.3 Å². The lowest BCUT2D eigenvalue weighted by Gasteiger charge is -2.13. The number of alkyl halides is 1. The summed E-state index contributed by atoms with van der Waals surface area (Å²) in [5, 5.41) is 14.6. The molecule has 0 atom stereocenters. The van der Waals surface area contributed by atoms with E-state index >= 15 is 0 Å². The van der Waals surface area contributed by atoms with Crippen molar-refractivity contribution in [3.8, 4) is 16.8 Å². The van der Waals surface area contributed by atoms with E-state index in [1.165, 1.54) is 0 Å². The molecule has 5 rings (SSSR count). The van der Waals surface area contributed by atoms with Gasteiger partial charge in [0.05, 0.1) is 11.3 Å². The summed E-state index contributed by atoms with van der Waals surface area (Å²) in [6.45, 7) is 7.15.